The van der Waals surface area contributed by atoms with Crippen molar-refractivity contribution in [2.75, 3.05) is 13.2 Å². The lowest BCUT2D eigenvalue weighted by molar-refractivity contribution is -0.167. The summed E-state index contributed by atoms with van der Waals surface area (Å²) in [6, 6.07) is 7.99. The number of aromatic nitrogens is 1. The topological polar surface area (TPSA) is 89.8 Å². The molecule has 0 saturated heterocycles. The van der Waals surface area contributed by atoms with Gasteiger partial charge in [-0.25, -0.2) is 0 Å². The number of para-hydroxylation sites is 1. The van der Waals surface area contributed by atoms with Crippen molar-refractivity contribution in [2.45, 2.75) is 64.2 Å². The van der Waals surface area contributed by atoms with Gasteiger partial charge in [0.05, 0.1) is 5.52 Å². The molecule has 2 aliphatic rings. The van der Waals surface area contributed by atoms with Gasteiger partial charge in [-0.2, -0.15) is 0 Å². The number of hydrogen-bond acceptors (Lipinski definition) is 5. The molecule has 1 aliphatic heterocycles. The first kappa shape index (κ1) is 22.6. The zero-order valence-corrected chi connectivity index (χ0v) is 18.8. The largest absolute Gasteiger partial charge is 0.459 e. The molecular weight excluding hydrogens is 408 g/mol. The third kappa shape index (κ3) is 4.45. The van der Waals surface area contributed by atoms with Crippen molar-refractivity contribution >= 4 is 22.7 Å². The summed E-state index contributed by atoms with van der Waals surface area (Å²) in [4.78, 5) is 25.3. The molecule has 7 nitrogen and oxygen atoms in total. The Bertz CT molecular complexity index is 1010. The van der Waals surface area contributed by atoms with Crippen molar-refractivity contribution in [1.29, 1.82) is 0 Å². The molecule has 1 amide bonds. The summed E-state index contributed by atoms with van der Waals surface area (Å²) >= 11 is 0. The van der Waals surface area contributed by atoms with E-state index >= 15 is 0 Å². The average molecular weight is 441 g/mol. The van der Waals surface area contributed by atoms with E-state index in [0.717, 1.165) is 35.7 Å². The minimum absolute atomic E-state index is 0.0655. The molecule has 0 unspecified atom stereocenters. The van der Waals surface area contributed by atoms with E-state index < -0.39 is 6.29 Å². The van der Waals surface area contributed by atoms with Gasteiger partial charge in [-0.3, -0.25) is 14.2 Å². The van der Waals surface area contributed by atoms with Gasteiger partial charge in [0.25, 0.3) is 5.91 Å². The summed E-state index contributed by atoms with van der Waals surface area (Å²) in [5, 5.41) is 13.5. The summed E-state index contributed by atoms with van der Waals surface area (Å²) in [6.07, 6.45) is 7.50. The number of benzene rings is 1. The molecule has 2 aromatic rings. The van der Waals surface area contributed by atoms with Crippen LogP contribution in [-0.4, -0.2) is 47.0 Å². The summed E-state index contributed by atoms with van der Waals surface area (Å²) in [6.45, 7) is 3.95. The standard InChI is InChI=1S/C25H32N2O5/c1-3-31-25-19(11-7-13-28)20(14-23(32-25)24(30)26-17-8-6-9-17)21-15-27(16(2)29)22-12-5-4-10-18(21)22/h4-5,10,12,14-15,17,19-20,25,28H,3,6-9,11,13H2,1-2H3,(H,26,30)/t19-,20-,25+/m1/s1. The lowest BCUT2D eigenvalue weighted by Crippen LogP contribution is -2.43. The van der Waals surface area contributed by atoms with E-state index in [1.807, 2.05) is 43.5 Å². The molecule has 2 N–H and O–H groups in total. The monoisotopic (exact) mass is 440 g/mol. The number of ether oxygens (including phenoxy) is 2. The highest BCUT2D eigenvalue weighted by atomic mass is 16.7. The molecule has 1 fully saturated rings. The highest BCUT2D eigenvalue weighted by molar-refractivity contribution is 5.95. The number of amides is 1. The van der Waals surface area contributed by atoms with Crippen LogP contribution in [0.1, 0.15) is 62.2 Å². The lowest BCUT2D eigenvalue weighted by Gasteiger charge is -2.37. The van der Waals surface area contributed by atoms with E-state index in [1.165, 1.54) is 0 Å². The fourth-order valence-corrected chi connectivity index (χ4v) is 4.66. The molecule has 0 radical (unpaired) electrons. The number of aliphatic hydroxyl groups is 1. The Balaban J connectivity index is 1.78. The van der Waals surface area contributed by atoms with E-state index in [-0.39, 0.29) is 42.1 Å². The molecule has 1 saturated carbocycles. The number of rotatable bonds is 8. The van der Waals surface area contributed by atoms with Gasteiger partial charge in [0.15, 0.2) is 5.76 Å². The SMILES string of the molecule is CCO[C@H]1OC(C(=O)NC2CCC2)=C[C@@H](c2cn(C(C)=O)c3ccccc23)[C@H]1CCCO. The van der Waals surface area contributed by atoms with Crippen LogP contribution in [0.5, 0.6) is 0 Å². The Morgan fingerprint density at radius 2 is 2.06 bits per heavy atom. The molecule has 32 heavy (non-hydrogen) atoms. The summed E-state index contributed by atoms with van der Waals surface area (Å²) in [7, 11) is 0. The molecule has 3 atom stereocenters. The van der Waals surface area contributed by atoms with E-state index in [1.54, 1.807) is 11.5 Å². The second kappa shape index (κ2) is 9.88. The van der Waals surface area contributed by atoms with E-state index in [4.69, 9.17) is 9.47 Å². The normalized spacial score (nSPS) is 23.3. The van der Waals surface area contributed by atoms with Crippen LogP contribution in [-0.2, 0) is 14.3 Å². The molecule has 1 aliphatic carbocycles. The maximum Gasteiger partial charge on any atom is 0.286 e. The van der Waals surface area contributed by atoms with Crippen LogP contribution in [0, 0.1) is 5.92 Å². The zero-order chi connectivity index (χ0) is 22.7. The predicted molar refractivity (Wildman–Crippen MR) is 121 cm³/mol. The number of nitrogens with one attached hydrogen (secondary N) is 1. The minimum Gasteiger partial charge on any atom is -0.459 e. The number of nitrogens with zero attached hydrogens (tertiary/aromatic N) is 1. The highest BCUT2D eigenvalue weighted by Gasteiger charge is 2.39. The van der Waals surface area contributed by atoms with Crippen LogP contribution in [0.15, 0.2) is 42.3 Å². The maximum atomic E-state index is 13.0. The second-order valence-corrected chi connectivity index (χ2v) is 8.62. The van der Waals surface area contributed by atoms with Crippen molar-refractivity contribution in [2.24, 2.45) is 5.92 Å². The Hall–Kier alpha value is -2.64. The van der Waals surface area contributed by atoms with Gasteiger partial charge < -0.3 is 19.9 Å². The number of carbonyl (C=O) groups is 2. The van der Waals surface area contributed by atoms with E-state index in [2.05, 4.69) is 5.32 Å². The summed E-state index contributed by atoms with van der Waals surface area (Å²) < 4.78 is 13.6. The first-order valence-corrected chi connectivity index (χ1v) is 11.6. The van der Waals surface area contributed by atoms with Gasteiger partial charge in [-0.05, 0) is 56.7 Å². The van der Waals surface area contributed by atoms with Gasteiger partial charge in [-0.15, -0.1) is 0 Å². The molecule has 0 spiro atoms. The molecule has 0 bridgehead atoms. The van der Waals surface area contributed by atoms with Crippen LogP contribution >= 0.6 is 0 Å². The fraction of sp³-hybridized carbons (Fsp3) is 0.520. The van der Waals surface area contributed by atoms with Crippen molar-refractivity contribution in [3.8, 4) is 0 Å². The third-order valence-corrected chi connectivity index (χ3v) is 6.52. The van der Waals surface area contributed by atoms with Gasteiger partial charge in [0, 0.05) is 49.6 Å². The smallest absolute Gasteiger partial charge is 0.286 e. The molecule has 1 aromatic carbocycles. The Labute approximate surface area is 188 Å². The molecule has 4 rings (SSSR count). The molecule has 7 heteroatoms. The van der Waals surface area contributed by atoms with Crippen molar-refractivity contribution in [3.63, 3.8) is 0 Å². The van der Waals surface area contributed by atoms with E-state index in [0.29, 0.717) is 19.4 Å². The number of hydrogen-bond donors (Lipinski definition) is 2. The minimum atomic E-state index is -0.608. The van der Waals surface area contributed by atoms with E-state index in [9.17, 15) is 14.7 Å². The lowest BCUT2D eigenvalue weighted by atomic mass is 9.80. The first-order chi connectivity index (χ1) is 15.5. The quantitative estimate of drug-likeness (QED) is 0.653. The molecule has 1 aromatic heterocycles. The van der Waals surface area contributed by atoms with Crippen LogP contribution in [0.25, 0.3) is 10.9 Å². The summed E-state index contributed by atoms with van der Waals surface area (Å²) in [5.41, 5.74) is 1.80. The maximum absolute atomic E-state index is 13.0. The van der Waals surface area contributed by atoms with Crippen LogP contribution in [0.4, 0.5) is 0 Å². The molecule has 2 heterocycles. The number of fused-ring (bicyclic) bond motifs is 1. The molecule has 172 valence electrons. The number of allylic oxidation sites excluding steroid dienone is 1. The predicted octanol–water partition coefficient (Wildman–Crippen LogP) is 3.72. The van der Waals surface area contributed by atoms with Gasteiger partial charge in [0.2, 0.25) is 12.2 Å². The average Bonchev–Trinajstić information content (AvgIpc) is 3.15. The van der Waals surface area contributed by atoms with Crippen LogP contribution in [0.3, 0.4) is 0 Å². The van der Waals surface area contributed by atoms with Gasteiger partial charge >= 0.3 is 0 Å². The first-order valence-electron chi connectivity index (χ1n) is 11.6. The molecular formula is C25H32N2O5. The van der Waals surface area contributed by atoms with Crippen molar-refractivity contribution in [3.05, 3.63) is 47.9 Å². The van der Waals surface area contributed by atoms with Gasteiger partial charge in [0.1, 0.15) is 0 Å². The van der Waals surface area contributed by atoms with Crippen molar-refractivity contribution < 1.29 is 24.2 Å². The summed E-state index contributed by atoms with van der Waals surface area (Å²) in [5.74, 6) is -0.326. The highest BCUT2D eigenvalue weighted by Crippen LogP contribution is 2.42. The fourth-order valence-electron chi connectivity index (χ4n) is 4.66. The zero-order valence-electron chi connectivity index (χ0n) is 18.8. The van der Waals surface area contributed by atoms with Crippen LogP contribution in [0.2, 0.25) is 0 Å². The van der Waals surface area contributed by atoms with Crippen molar-refractivity contribution in [1.82, 2.24) is 9.88 Å². The number of aliphatic hydroxyl groups excluding tert-OH is 1. The Kier molecular flexibility index (Phi) is 6.96. The Morgan fingerprint density at radius 1 is 1.28 bits per heavy atom. The van der Waals surface area contributed by atoms with Crippen LogP contribution < -0.4 is 5.32 Å². The number of carbonyl (C=O) groups excluding carboxylic acids is 2. The van der Waals surface area contributed by atoms with Gasteiger partial charge in [-0.1, -0.05) is 18.2 Å². The third-order valence-electron chi connectivity index (χ3n) is 6.52. The second-order valence-electron chi connectivity index (χ2n) is 8.62. The Morgan fingerprint density at radius 3 is 2.72 bits per heavy atom.